The van der Waals surface area contributed by atoms with Crippen molar-refractivity contribution in [3.05, 3.63) is 63.5 Å². The van der Waals surface area contributed by atoms with Crippen molar-refractivity contribution < 1.29 is 9.13 Å². The molecule has 0 spiro atoms. The Hall–Kier alpha value is -2.86. The Labute approximate surface area is 186 Å². The highest BCUT2D eigenvalue weighted by Crippen LogP contribution is 2.19. The predicted molar refractivity (Wildman–Crippen MR) is 123 cm³/mol. The van der Waals surface area contributed by atoms with Gasteiger partial charge in [0.25, 0.3) is 0 Å². The normalized spacial score (nSPS) is 14.1. The minimum absolute atomic E-state index is 0.304. The van der Waals surface area contributed by atoms with E-state index in [2.05, 4.69) is 53.4 Å². The van der Waals surface area contributed by atoms with Crippen LogP contribution >= 0.6 is 22.6 Å². The number of nitrogens with zero attached hydrogens (tertiary/aromatic N) is 5. The molecular weight excluding hydrogens is 500 g/mol. The average Bonchev–Trinajstić information content (AvgIpc) is 2.76. The molecule has 0 saturated carbocycles. The third-order valence-corrected chi connectivity index (χ3v) is 4.92. The van der Waals surface area contributed by atoms with Crippen molar-refractivity contribution in [3.63, 3.8) is 0 Å². The van der Waals surface area contributed by atoms with E-state index in [-0.39, 0.29) is 5.82 Å². The predicted octanol–water partition coefficient (Wildman–Crippen LogP) is 3.64. The van der Waals surface area contributed by atoms with Crippen molar-refractivity contribution in [3.8, 4) is 0 Å². The lowest BCUT2D eigenvalue weighted by atomic mass is 10.2. The highest BCUT2D eigenvalue weighted by molar-refractivity contribution is 14.1. The Balaban J connectivity index is 1.56. The van der Waals surface area contributed by atoms with Crippen LogP contribution in [0, 0.1) is 9.39 Å². The number of hydrazone groups is 1. The SMILES string of the molecule is Fc1ccc(Nc2nc(N/N=C/c3cccc(I)c3)nc(N3CCOCC3)n2)cc1. The molecule has 1 aromatic heterocycles. The lowest BCUT2D eigenvalue weighted by molar-refractivity contribution is 0.122. The van der Waals surface area contributed by atoms with Crippen molar-refractivity contribution in [1.29, 1.82) is 0 Å². The summed E-state index contributed by atoms with van der Waals surface area (Å²) >= 11 is 2.25. The molecule has 1 fully saturated rings. The molecule has 0 unspecified atom stereocenters. The van der Waals surface area contributed by atoms with Gasteiger partial charge in [0.2, 0.25) is 17.8 Å². The van der Waals surface area contributed by atoms with Crippen LogP contribution in [0.15, 0.2) is 53.6 Å². The zero-order valence-corrected chi connectivity index (χ0v) is 18.1. The molecule has 30 heavy (non-hydrogen) atoms. The fourth-order valence-electron chi connectivity index (χ4n) is 2.79. The van der Waals surface area contributed by atoms with Crippen molar-refractivity contribution in [1.82, 2.24) is 15.0 Å². The Morgan fingerprint density at radius 1 is 1.03 bits per heavy atom. The summed E-state index contributed by atoms with van der Waals surface area (Å²) in [5.74, 6) is 0.852. The van der Waals surface area contributed by atoms with Gasteiger partial charge in [-0.3, -0.25) is 0 Å². The quantitative estimate of drug-likeness (QED) is 0.292. The monoisotopic (exact) mass is 519 g/mol. The minimum atomic E-state index is -0.308. The molecule has 3 aromatic rings. The van der Waals surface area contributed by atoms with E-state index in [1.165, 1.54) is 12.1 Å². The Morgan fingerprint density at radius 3 is 2.57 bits per heavy atom. The summed E-state index contributed by atoms with van der Waals surface area (Å²) in [5, 5.41) is 7.33. The summed E-state index contributed by atoms with van der Waals surface area (Å²) in [6.45, 7) is 2.59. The molecule has 8 nitrogen and oxygen atoms in total. The van der Waals surface area contributed by atoms with Crippen molar-refractivity contribution in [2.75, 3.05) is 41.9 Å². The second-order valence-corrected chi connectivity index (χ2v) is 7.68. The molecule has 2 N–H and O–H groups in total. The number of hydrogen-bond donors (Lipinski definition) is 2. The van der Waals surface area contributed by atoms with Crippen LogP contribution in [0.5, 0.6) is 0 Å². The standard InChI is InChI=1S/C20H19FIN7O/c21-15-4-6-17(7-5-15)24-18-25-19(27-20(26-18)29-8-10-30-11-9-29)28-23-13-14-2-1-3-16(22)12-14/h1-7,12-13H,8-11H2,(H2,24,25,26,27,28)/b23-13+. The second kappa shape index (κ2) is 9.76. The van der Waals surface area contributed by atoms with Crippen molar-refractivity contribution in [2.45, 2.75) is 0 Å². The number of benzene rings is 2. The maximum absolute atomic E-state index is 13.2. The molecular formula is C20H19FIN7O. The Morgan fingerprint density at radius 2 is 1.80 bits per heavy atom. The number of hydrogen-bond acceptors (Lipinski definition) is 8. The van der Waals surface area contributed by atoms with E-state index < -0.39 is 0 Å². The fraction of sp³-hybridized carbons (Fsp3) is 0.200. The molecule has 0 aliphatic carbocycles. The number of rotatable bonds is 6. The van der Waals surface area contributed by atoms with E-state index in [0.717, 1.165) is 9.13 Å². The average molecular weight is 519 g/mol. The maximum Gasteiger partial charge on any atom is 0.250 e. The number of morpholine rings is 1. The molecule has 0 bridgehead atoms. The molecule has 1 aliphatic heterocycles. The van der Waals surface area contributed by atoms with Gasteiger partial charge in [-0.1, -0.05) is 12.1 Å². The molecule has 0 radical (unpaired) electrons. The topological polar surface area (TPSA) is 87.6 Å². The number of nitrogens with one attached hydrogen (secondary N) is 2. The first-order valence-electron chi connectivity index (χ1n) is 9.32. The lowest BCUT2D eigenvalue weighted by Crippen LogP contribution is -2.37. The van der Waals surface area contributed by atoms with Crippen LogP contribution in [0.1, 0.15) is 5.56 Å². The van der Waals surface area contributed by atoms with Crippen LogP contribution in [-0.4, -0.2) is 47.5 Å². The summed E-state index contributed by atoms with van der Waals surface area (Å²) in [6.07, 6.45) is 1.70. The van der Waals surface area contributed by atoms with E-state index in [0.29, 0.717) is 49.8 Å². The first kappa shape index (κ1) is 20.4. The summed E-state index contributed by atoms with van der Waals surface area (Å²) < 4.78 is 19.7. The van der Waals surface area contributed by atoms with E-state index in [9.17, 15) is 4.39 Å². The van der Waals surface area contributed by atoms with Gasteiger partial charge in [-0.2, -0.15) is 20.1 Å². The molecule has 0 atom stereocenters. The van der Waals surface area contributed by atoms with Gasteiger partial charge in [0.05, 0.1) is 19.4 Å². The van der Waals surface area contributed by atoms with E-state index >= 15 is 0 Å². The first-order valence-corrected chi connectivity index (χ1v) is 10.4. The molecule has 2 heterocycles. The zero-order valence-electron chi connectivity index (χ0n) is 15.9. The van der Waals surface area contributed by atoms with Gasteiger partial charge < -0.3 is 15.0 Å². The van der Waals surface area contributed by atoms with Gasteiger partial charge in [-0.15, -0.1) is 0 Å². The molecule has 1 aliphatic rings. The number of aromatic nitrogens is 3. The lowest BCUT2D eigenvalue weighted by Gasteiger charge is -2.27. The van der Waals surface area contributed by atoms with Gasteiger partial charge >= 0.3 is 0 Å². The summed E-state index contributed by atoms with van der Waals surface area (Å²) in [6, 6.07) is 13.9. The first-order chi connectivity index (χ1) is 14.7. The highest BCUT2D eigenvalue weighted by Gasteiger charge is 2.16. The van der Waals surface area contributed by atoms with E-state index in [1.807, 2.05) is 29.2 Å². The van der Waals surface area contributed by atoms with E-state index in [4.69, 9.17) is 4.74 Å². The van der Waals surface area contributed by atoms with Gasteiger partial charge in [0, 0.05) is 22.3 Å². The van der Waals surface area contributed by atoms with Gasteiger partial charge in [-0.05, 0) is 64.6 Å². The smallest absolute Gasteiger partial charge is 0.250 e. The van der Waals surface area contributed by atoms with Crippen LogP contribution < -0.4 is 15.6 Å². The molecule has 2 aromatic carbocycles. The molecule has 10 heteroatoms. The summed E-state index contributed by atoms with van der Waals surface area (Å²) in [4.78, 5) is 15.4. The van der Waals surface area contributed by atoms with Gasteiger partial charge in [0.15, 0.2) is 0 Å². The summed E-state index contributed by atoms with van der Waals surface area (Å²) in [5.41, 5.74) is 4.50. The molecule has 0 amide bonds. The molecule has 154 valence electrons. The fourth-order valence-corrected chi connectivity index (χ4v) is 3.36. The summed E-state index contributed by atoms with van der Waals surface area (Å²) in [7, 11) is 0. The Bertz CT molecular complexity index is 1030. The minimum Gasteiger partial charge on any atom is -0.378 e. The van der Waals surface area contributed by atoms with Gasteiger partial charge in [0.1, 0.15) is 5.82 Å². The zero-order chi connectivity index (χ0) is 20.8. The van der Waals surface area contributed by atoms with E-state index in [1.54, 1.807) is 18.3 Å². The third kappa shape index (κ3) is 5.60. The van der Waals surface area contributed by atoms with Crippen LogP contribution in [0.3, 0.4) is 0 Å². The van der Waals surface area contributed by atoms with Crippen LogP contribution in [0.4, 0.5) is 27.9 Å². The van der Waals surface area contributed by atoms with Gasteiger partial charge in [-0.25, -0.2) is 9.82 Å². The maximum atomic E-state index is 13.2. The highest BCUT2D eigenvalue weighted by atomic mass is 127. The van der Waals surface area contributed by atoms with Crippen LogP contribution in [-0.2, 0) is 4.74 Å². The number of ether oxygens (including phenoxy) is 1. The third-order valence-electron chi connectivity index (χ3n) is 4.24. The molecule has 1 saturated heterocycles. The Kier molecular flexibility index (Phi) is 6.64. The number of anilines is 4. The largest absolute Gasteiger partial charge is 0.378 e. The number of halogens is 2. The van der Waals surface area contributed by atoms with Crippen molar-refractivity contribution in [2.24, 2.45) is 5.10 Å². The van der Waals surface area contributed by atoms with Crippen molar-refractivity contribution >= 4 is 52.3 Å². The molecule has 4 rings (SSSR count). The second-order valence-electron chi connectivity index (χ2n) is 6.44. The van der Waals surface area contributed by atoms with Crippen LogP contribution in [0.25, 0.3) is 0 Å². The van der Waals surface area contributed by atoms with Crippen LogP contribution in [0.2, 0.25) is 0 Å².